The van der Waals surface area contributed by atoms with E-state index in [2.05, 4.69) is 4.74 Å². The molecule has 0 aromatic heterocycles. The lowest BCUT2D eigenvalue weighted by Gasteiger charge is -2.11. The number of rotatable bonds is 4. The van der Waals surface area contributed by atoms with E-state index in [0.717, 1.165) is 6.07 Å². The molecule has 17 heavy (non-hydrogen) atoms. The molecule has 0 fully saturated rings. The van der Waals surface area contributed by atoms with E-state index in [9.17, 15) is 13.6 Å². The van der Waals surface area contributed by atoms with Crippen LogP contribution in [0.15, 0.2) is 12.1 Å². The predicted octanol–water partition coefficient (Wildman–Crippen LogP) is 2.44. The van der Waals surface area contributed by atoms with Crippen molar-refractivity contribution >= 4 is 17.6 Å². The van der Waals surface area contributed by atoms with Crippen molar-refractivity contribution in [1.82, 2.24) is 0 Å². The minimum Gasteiger partial charge on any atom is -0.481 e. The van der Waals surface area contributed by atoms with Gasteiger partial charge in [0.25, 0.3) is 0 Å². The quantitative estimate of drug-likeness (QED) is 0.904. The first kappa shape index (κ1) is 13.2. The number of carboxylic acids is 1. The molecule has 0 saturated carbocycles. The van der Waals surface area contributed by atoms with Crippen molar-refractivity contribution in [3.63, 3.8) is 0 Å². The molecule has 0 unspecified atom stereocenters. The summed E-state index contributed by atoms with van der Waals surface area (Å²) >= 11 is 5.73. The van der Waals surface area contributed by atoms with Crippen molar-refractivity contribution in [2.75, 3.05) is 0 Å². The van der Waals surface area contributed by atoms with Gasteiger partial charge in [0.1, 0.15) is 11.8 Å². The molecular formula is C10H6ClF2NO3. The molecule has 90 valence electrons. The van der Waals surface area contributed by atoms with Crippen LogP contribution in [-0.2, 0) is 11.2 Å². The minimum atomic E-state index is -3.09. The van der Waals surface area contributed by atoms with Crippen molar-refractivity contribution < 1.29 is 23.4 Å². The number of ether oxygens (including phenoxy) is 1. The van der Waals surface area contributed by atoms with Crippen LogP contribution in [0.4, 0.5) is 8.78 Å². The van der Waals surface area contributed by atoms with Crippen LogP contribution in [0.5, 0.6) is 5.75 Å². The van der Waals surface area contributed by atoms with E-state index in [1.54, 1.807) is 6.07 Å². The number of aliphatic carboxylic acids is 1. The summed E-state index contributed by atoms with van der Waals surface area (Å²) in [5.74, 6) is -1.60. The van der Waals surface area contributed by atoms with Gasteiger partial charge in [-0.05, 0) is 12.1 Å². The number of halogens is 3. The lowest BCUT2D eigenvalue weighted by molar-refractivity contribution is -0.136. The summed E-state index contributed by atoms with van der Waals surface area (Å²) in [6.45, 7) is -3.09. The zero-order valence-electron chi connectivity index (χ0n) is 8.28. The molecule has 1 aromatic rings. The Kier molecular flexibility index (Phi) is 4.24. The van der Waals surface area contributed by atoms with Crippen LogP contribution < -0.4 is 4.74 Å². The summed E-state index contributed by atoms with van der Waals surface area (Å²) in [6.07, 6.45) is -0.601. The number of hydrogen-bond acceptors (Lipinski definition) is 3. The molecular weight excluding hydrogens is 256 g/mol. The second-order valence-electron chi connectivity index (χ2n) is 2.96. The normalized spacial score (nSPS) is 10.1. The van der Waals surface area contributed by atoms with E-state index in [1.807, 2.05) is 0 Å². The van der Waals surface area contributed by atoms with Gasteiger partial charge >= 0.3 is 12.6 Å². The third-order valence-electron chi connectivity index (χ3n) is 1.86. The summed E-state index contributed by atoms with van der Waals surface area (Å²) in [5.41, 5.74) is -0.136. The molecule has 0 bridgehead atoms. The first-order chi connectivity index (χ1) is 7.95. The monoisotopic (exact) mass is 261 g/mol. The third kappa shape index (κ3) is 3.29. The smallest absolute Gasteiger partial charge is 0.387 e. The maximum absolute atomic E-state index is 12.1. The molecule has 0 amide bonds. The number of carboxylic acid groups (broad SMARTS) is 1. The van der Waals surface area contributed by atoms with Gasteiger partial charge in [-0.25, -0.2) is 0 Å². The number of benzene rings is 1. The van der Waals surface area contributed by atoms with Gasteiger partial charge in [-0.15, -0.1) is 0 Å². The highest BCUT2D eigenvalue weighted by molar-refractivity contribution is 6.32. The Hall–Kier alpha value is -1.87. The van der Waals surface area contributed by atoms with Crippen molar-refractivity contribution in [2.24, 2.45) is 0 Å². The third-order valence-corrected chi connectivity index (χ3v) is 2.30. The van der Waals surface area contributed by atoms with E-state index >= 15 is 0 Å². The summed E-state index contributed by atoms with van der Waals surface area (Å²) < 4.78 is 28.3. The van der Waals surface area contributed by atoms with Crippen molar-refractivity contribution in [3.05, 3.63) is 28.3 Å². The fraction of sp³-hybridized carbons (Fsp3) is 0.200. The summed E-state index contributed by atoms with van der Waals surface area (Å²) in [5, 5.41) is 17.1. The van der Waals surface area contributed by atoms with Crippen LogP contribution in [0.25, 0.3) is 0 Å². The summed E-state index contributed by atoms with van der Waals surface area (Å²) in [7, 11) is 0. The van der Waals surface area contributed by atoms with Gasteiger partial charge in [-0.3, -0.25) is 4.79 Å². The molecule has 0 aliphatic heterocycles. The molecule has 4 nitrogen and oxygen atoms in total. The summed E-state index contributed by atoms with van der Waals surface area (Å²) in [4.78, 5) is 10.6. The zero-order valence-corrected chi connectivity index (χ0v) is 9.04. The Labute approximate surface area is 100.0 Å². The number of hydrogen-bond donors (Lipinski definition) is 1. The molecule has 1 aromatic carbocycles. The largest absolute Gasteiger partial charge is 0.481 e. The first-order valence-corrected chi connectivity index (χ1v) is 4.71. The van der Waals surface area contributed by atoms with E-state index in [-0.39, 0.29) is 21.9 Å². The van der Waals surface area contributed by atoms with E-state index in [4.69, 9.17) is 22.0 Å². The highest BCUT2D eigenvalue weighted by atomic mass is 35.5. The minimum absolute atomic E-state index is 0.00420. The van der Waals surface area contributed by atoms with Gasteiger partial charge < -0.3 is 9.84 Å². The van der Waals surface area contributed by atoms with Crippen molar-refractivity contribution in [3.8, 4) is 11.8 Å². The Morgan fingerprint density at radius 1 is 1.59 bits per heavy atom. The predicted molar refractivity (Wildman–Crippen MR) is 54.1 cm³/mol. The Morgan fingerprint density at radius 2 is 2.24 bits per heavy atom. The van der Waals surface area contributed by atoms with Gasteiger partial charge in [0.15, 0.2) is 0 Å². The molecule has 0 spiro atoms. The average molecular weight is 262 g/mol. The van der Waals surface area contributed by atoms with Crippen LogP contribution in [0.1, 0.15) is 11.1 Å². The second-order valence-corrected chi connectivity index (χ2v) is 3.34. The van der Waals surface area contributed by atoms with Crippen LogP contribution >= 0.6 is 11.6 Å². The standard InChI is InChI=1S/C10H6ClF2NO3/c11-9-5(4-14)1-2-7(17-10(12)13)6(9)3-8(15)16/h1-2,10H,3H2,(H,15,16). The molecule has 0 aliphatic carbocycles. The van der Waals surface area contributed by atoms with E-state index < -0.39 is 19.0 Å². The fourth-order valence-corrected chi connectivity index (χ4v) is 1.48. The Morgan fingerprint density at radius 3 is 2.71 bits per heavy atom. The molecule has 1 N–H and O–H groups in total. The van der Waals surface area contributed by atoms with Crippen molar-refractivity contribution in [1.29, 1.82) is 5.26 Å². The highest BCUT2D eigenvalue weighted by Crippen LogP contribution is 2.31. The van der Waals surface area contributed by atoms with Crippen LogP contribution in [-0.4, -0.2) is 17.7 Å². The van der Waals surface area contributed by atoms with Crippen LogP contribution in [0, 0.1) is 11.3 Å². The van der Waals surface area contributed by atoms with E-state index in [0.29, 0.717) is 0 Å². The lowest BCUT2D eigenvalue weighted by Crippen LogP contribution is -2.08. The SMILES string of the molecule is N#Cc1ccc(OC(F)F)c(CC(=O)O)c1Cl. The van der Waals surface area contributed by atoms with Crippen LogP contribution in [0.3, 0.4) is 0 Å². The molecule has 0 saturated heterocycles. The van der Waals surface area contributed by atoms with Crippen molar-refractivity contribution in [2.45, 2.75) is 13.0 Å². The Balaban J connectivity index is 3.26. The topological polar surface area (TPSA) is 70.3 Å². The first-order valence-electron chi connectivity index (χ1n) is 4.33. The maximum Gasteiger partial charge on any atom is 0.387 e. The molecule has 7 heteroatoms. The summed E-state index contributed by atoms with van der Waals surface area (Å²) in [6, 6.07) is 4.00. The second kappa shape index (κ2) is 5.46. The maximum atomic E-state index is 12.1. The van der Waals surface area contributed by atoms with Gasteiger partial charge in [-0.2, -0.15) is 14.0 Å². The average Bonchev–Trinajstić information content (AvgIpc) is 2.22. The zero-order chi connectivity index (χ0) is 13.0. The fourth-order valence-electron chi connectivity index (χ4n) is 1.21. The molecule has 0 radical (unpaired) electrons. The molecule has 0 aliphatic rings. The Bertz CT molecular complexity index is 485. The number of nitrogens with zero attached hydrogens (tertiary/aromatic N) is 1. The lowest BCUT2D eigenvalue weighted by atomic mass is 10.1. The van der Waals surface area contributed by atoms with Gasteiger partial charge in [0, 0.05) is 5.56 Å². The number of nitriles is 1. The van der Waals surface area contributed by atoms with Gasteiger partial charge in [-0.1, -0.05) is 11.6 Å². The van der Waals surface area contributed by atoms with Gasteiger partial charge in [0.2, 0.25) is 0 Å². The highest BCUT2D eigenvalue weighted by Gasteiger charge is 2.18. The number of carbonyl (C=O) groups is 1. The molecule has 0 heterocycles. The molecule has 1 rings (SSSR count). The van der Waals surface area contributed by atoms with Gasteiger partial charge in [0.05, 0.1) is 17.0 Å². The van der Waals surface area contributed by atoms with Crippen LogP contribution in [0.2, 0.25) is 5.02 Å². The molecule has 0 atom stereocenters. The number of alkyl halides is 2. The van der Waals surface area contributed by atoms with E-state index in [1.165, 1.54) is 6.07 Å².